The van der Waals surface area contributed by atoms with Gasteiger partial charge in [0.25, 0.3) is 0 Å². The molecule has 0 bridgehead atoms. The van der Waals surface area contributed by atoms with Crippen molar-refractivity contribution < 1.29 is 0 Å². The lowest BCUT2D eigenvalue weighted by Gasteiger charge is -2.29. The van der Waals surface area contributed by atoms with Crippen LogP contribution in [0.5, 0.6) is 0 Å². The van der Waals surface area contributed by atoms with Crippen LogP contribution in [-0.4, -0.2) is 13.2 Å². The van der Waals surface area contributed by atoms with Crippen LogP contribution in [0.1, 0.15) is 29.2 Å². The van der Waals surface area contributed by atoms with Crippen LogP contribution >= 0.6 is 0 Å². The van der Waals surface area contributed by atoms with Gasteiger partial charge in [-0.15, -0.1) is 0 Å². The molecule has 0 amide bonds. The van der Waals surface area contributed by atoms with Crippen LogP contribution in [0.15, 0.2) is 30.3 Å². The van der Waals surface area contributed by atoms with Gasteiger partial charge in [-0.25, -0.2) is 0 Å². The highest BCUT2D eigenvalue weighted by molar-refractivity contribution is 5.85. The molecule has 0 fully saturated rings. The van der Waals surface area contributed by atoms with Crippen LogP contribution in [0.3, 0.4) is 0 Å². The van der Waals surface area contributed by atoms with Crippen molar-refractivity contribution in [2.45, 2.75) is 33.9 Å². The van der Waals surface area contributed by atoms with Crippen molar-refractivity contribution in [3.8, 4) is 6.07 Å². The second-order valence-corrected chi connectivity index (χ2v) is 6.15. The van der Waals surface area contributed by atoms with Crippen molar-refractivity contribution in [3.05, 3.63) is 52.6 Å². The predicted octanol–water partition coefficient (Wildman–Crippen LogP) is 4.42. The zero-order valence-electron chi connectivity index (χ0n) is 13.8. The third-order valence-corrected chi connectivity index (χ3v) is 4.75. The van der Waals surface area contributed by atoms with Crippen LogP contribution < -0.4 is 9.80 Å². The summed E-state index contributed by atoms with van der Waals surface area (Å²) >= 11 is 0. The molecule has 1 atom stereocenters. The summed E-state index contributed by atoms with van der Waals surface area (Å²) < 4.78 is 0. The average Bonchev–Trinajstić information content (AvgIpc) is 2.74. The molecule has 0 saturated carbocycles. The lowest BCUT2D eigenvalue weighted by atomic mass is 10.0. The number of benzene rings is 2. The average molecular weight is 291 g/mol. The molecule has 1 aliphatic rings. The number of hydrogen-bond donors (Lipinski definition) is 0. The Morgan fingerprint density at radius 3 is 2.27 bits per heavy atom. The van der Waals surface area contributed by atoms with Gasteiger partial charge in [-0.1, -0.05) is 6.07 Å². The van der Waals surface area contributed by atoms with Crippen molar-refractivity contribution in [1.82, 2.24) is 0 Å². The summed E-state index contributed by atoms with van der Waals surface area (Å²) in [4.78, 5) is 4.59. The van der Waals surface area contributed by atoms with E-state index in [1.165, 1.54) is 28.1 Å². The fraction of sp³-hybridized carbons (Fsp3) is 0.316. The largest absolute Gasteiger partial charge is 0.353 e. The maximum atomic E-state index is 9.21. The first kappa shape index (κ1) is 14.5. The molecule has 0 aromatic heterocycles. The summed E-state index contributed by atoms with van der Waals surface area (Å²) in [5.41, 5.74) is 8.07. The van der Waals surface area contributed by atoms with Crippen molar-refractivity contribution in [1.29, 1.82) is 5.26 Å². The van der Waals surface area contributed by atoms with E-state index in [2.05, 4.69) is 62.7 Å². The van der Waals surface area contributed by atoms with Crippen molar-refractivity contribution in [2.24, 2.45) is 0 Å². The zero-order chi connectivity index (χ0) is 16.0. The highest BCUT2D eigenvalue weighted by atomic mass is 15.4. The second kappa shape index (κ2) is 5.06. The van der Waals surface area contributed by atoms with Gasteiger partial charge >= 0.3 is 0 Å². The summed E-state index contributed by atoms with van der Waals surface area (Å²) in [6.45, 7) is 8.64. The fourth-order valence-electron chi connectivity index (χ4n) is 3.20. The van der Waals surface area contributed by atoms with E-state index < -0.39 is 0 Å². The van der Waals surface area contributed by atoms with Crippen LogP contribution in [-0.2, 0) is 0 Å². The standard InChI is InChI=1S/C19H21N3/c1-12-8-14(3)18(9-13(12)2)22-15(4)21(5)17-7-6-16(11-20)10-19(17)22/h6-10,15H,1-5H3/t15-/m0/s1. The van der Waals surface area contributed by atoms with Crippen LogP contribution in [0.2, 0.25) is 0 Å². The number of aryl methyl sites for hydroxylation is 3. The maximum Gasteiger partial charge on any atom is 0.103 e. The van der Waals surface area contributed by atoms with E-state index in [4.69, 9.17) is 0 Å². The lowest BCUT2D eigenvalue weighted by Crippen LogP contribution is -2.36. The quantitative estimate of drug-likeness (QED) is 0.779. The van der Waals surface area contributed by atoms with Crippen LogP contribution in [0.25, 0.3) is 0 Å². The highest BCUT2D eigenvalue weighted by Gasteiger charge is 2.32. The number of nitrogens with zero attached hydrogens (tertiary/aromatic N) is 3. The van der Waals surface area contributed by atoms with Crippen LogP contribution in [0.4, 0.5) is 17.1 Å². The van der Waals surface area contributed by atoms with Gasteiger partial charge in [0.05, 0.1) is 23.0 Å². The van der Waals surface area contributed by atoms with Gasteiger partial charge in [0.2, 0.25) is 0 Å². The molecule has 0 unspecified atom stereocenters. The summed E-state index contributed by atoms with van der Waals surface area (Å²) in [6.07, 6.45) is 0.227. The Morgan fingerprint density at radius 1 is 0.909 bits per heavy atom. The van der Waals surface area contributed by atoms with E-state index in [0.29, 0.717) is 5.56 Å². The molecule has 1 heterocycles. The van der Waals surface area contributed by atoms with E-state index in [9.17, 15) is 5.26 Å². The van der Waals surface area contributed by atoms with E-state index in [1.54, 1.807) is 0 Å². The molecule has 3 nitrogen and oxygen atoms in total. The fourth-order valence-corrected chi connectivity index (χ4v) is 3.20. The smallest absolute Gasteiger partial charge is 0.103 e. The first-order chi connectivity index (χ1) is 10.4. The molecule has 2 aromatic carbocycles. The summed E-state index contributed by atoms with van der Waals surface area (Å²) in [7, 11) is 2.10. The normalized spacial score (nSPS) is 16.6. The lowest BCUT2D eigenvalue weighted by molar-refractivity contribution is 0.732. The first-order valence-electron chi connectivity index (χ1n) is 7.58. The Kier molecular flexibility index (Phi) is 3.33. The minimum Gasteiger partial charge on any atom is -0.353 e. The number of hydrogen-bond acceptors (Lipinski definition) is 3. The van der Waals surface area contributed by atoms with Crippen molar-refractivity contribution in [2.75, 3.05) is 16.8 Å². The molecular weight excluding hydrogens is 270 g/mol. The third kappa shape index (κ3) is 2.03. The Labute approximate surface area is 132 Å². The van der Waals surface area contributed by atoms with Crippen molar-refractivity contribution in [3.63, 3.8) is 0 Å². The summed E-state index contributed by atoms with van der Waals surface area (Å²) in [5, 5.41) is 9.21. The minimum atomic E-state index is 0.227. The SMILES string of the molecule is Cc1cc(C)c(N2c3cc(C#N)ccc3N(C)[C@@H]2C)cc1C. The van der Waals surface area contributed by atoms with Gasteiger partial charge in [-0.3, -0.25) is 0 Å². The maximum absolute atomic E-state index is 9.21. The molecule has 112 valence electrons. The zero-order valence-corrected chi connectivity index (χ0v) is 13.8. The Bertz CT molecular complexity index is 786. The van der Waals surface area contributed by atoms with E-state index >= 15 is 0 Å². The molecule has 2 aromatic rings. The molecule has 0 aliphatic carbocycles. The van der Waals surface area contributed by atoms with Crippen molar-refractivity contribution >= 4 is 17.1 Å². The van der Waals surface area contributed by atoms with Gasteiger partial charge in [-0.05, 0) is 68.7 Å². The molecule has 0 radical (unpaired) electrons. The van der Waals surface area contributed by atoms with Gasteiger partial charge in [0.1, 0.15) is 6.17 Å². The van der Waals surface area contributed by atoms with Gasteiger partial charge in [-0.2, -0.15) is 5.26 Å². The van der Waals surface area contributed by atoms with E-state index in [-0.39, 0.29) is 6.17 Å². The highest BCUT2D eigenvalue weighted by Crippen LogP contribution is 2.45. The molecule has 1 aliphatic heterocycles. The van der Waals surface area contributed by atoms with Crippen LogP contribution in [0, 0.1) is 32.1 Å². The minimum absolute atomic E-state index is 0.227. The first-order valence-corrected chi connectivity index (χ1v) is 7.58. The summed E-state index contributed by atoms with van der Waals surface area (Å²) in [5.74, 6) is 0. The van der Waals surface area contributed by atoms with Gasteiger partial charge in [0.15, 0.2) is 0 Å². The van der Waals surface area contributed by atoms with E-state index in [0.717, 1.165) is 5.69 Å². The second-order valence-electron chi connectivity index (χ2n) is 6.15. The Hall–Kier alpha value is -2.47. The molecule has 22 heavy (non-hydrogen) atoms. The Morgan fingerprint density at radius 2 is 1.59 bits per heavy atom. The van der Waals surface area contributed by atoms with E-state index in [1.807, 2.05) is 18.2 Å². The molecule has 0 spiro atoms. The topological polar surface area (TPSA) is 30.3 Å². The molecule has 0 N–H and O–H groups in total. The van der Waals surface area contributed by atoms with Gasteiger partial charge < -0.3 is 9.80 Å². The summed E-state index contributed by atoms with van der Waals surface area (Å²) in [6, 6.07) is 12.7. The number of rotatable bonds is 1. The Balaban J connectivity index is 2.21. The predicted molar refractivity (Wildman–Crippen MR) is 91.8 cm³/mol. The molecule has 3 heteroatoms. The monoisotopic (exact) mass is 291 g/mol. The van der Waals surface area contributed by atoms with Gasteiger partial charge in [0, 0.05) is 12.7 Å². The molecule has 0 saturated heterocycles. The molecule has 3 rings (SSSR count). The number of anilines is 3. The number of nitriles is 1. The molecular formula is C19H21N3. The third-order valence-electron chi connectivity index (χ3n) is 4.75. The number of fused-ring (bicyclic) bond motifs is 1.